The lowest BCUT2D eigenvalue weighted by Crippen LogP contribution is -2.42. The van der Waals surface area contributed by atoms with Gasteiger partial charge in [-0.25, -0.2) is 0 Å². The fourth-order valence-corrected chi connectivity index (χ4v) is 19.2. The summed E-state index contributed by atoms with van der Waals surface area (Å²) < 4.78 is 50.7. The van der Waals surface area contributed by atoms with E-state index >= 15 is 0 Å². The maximum absolute atomic E-state index is 6.56. The molecular formula is C97H124O8S. The fourth-order valence-electron chi connectivity index (χ4n) is 18.0. The van der Waals surface area contributed by atoms with Gasteiger partial charge in [0.2, 0.25) is 0 Å². The Hall–Kier alpha value is -7.88. The molecule has 0 N–H and O–H groups in total. The molecule has 106 heavy (non-hydrogen) atoms. The first kappa shape index (κ1) is 79.2. The van der Waals surface area contributed by atoms with Gasteiger partial charge in [0.1, 0.15) is 79.6 Å². The molecule has 0 saturated heterocycles. The normalized spacial score (nSPS) is 14.1. The second kappa shape index (κ2) is 26.2. The van der Waals surface area contributed by atoms with E-state index in [1.807, 2.05) is 52.9 Å². The minimum Gasteiger partial charge on any atom is -0.486 e. The highest BCUT2D eigenvalue weighted by molar-refractivity contribution is 7.19. The van der Waals surface area contributed by atoms with Crippen molar-refractivity contribution in [2.24, 2.45) is 0 Å². The zero-order valence-electron chi connectivity index (χ0n) is 72.5. The molecule has 1 aliphatic rings. The number of hydrogen-bond donors (Lipinski definition) is 0. The van der Waals surface area contributed by atoms with Crippen LogP contribution in [-0.4, -0.2) is 5.60 Å². The highest BCUT2D eigenvalue weighted by Gasteiger charge is 2.51. The minimum atomic E-state index is -0.202. The molecule has 0 saturated carbocycles. The van der Waals surface area contributed by atoms with E-state index in [0.29, 0.717) is 0 Å². The Morgan fingerprint density at radius 1 is 0.264 bits per heavy atom. The third-order valence-electron chi connectivity index (χ3n) is 24.5. The van der Waals surface area contributed by atoms with Crippen molar-refractivity contribution in [3.05, 3.63) is 175 Å². The van der Waals surface area contributed by atoms with Crippen LogP contribution >= 0.6 is 11.3 Å². The molecule has 6 aromatic carbocycles. The molecule has 0 atom stereocenters. The van der Waals surface area contributed by atoms with Gasteiger partial charge in [0, 0.05) is 80.7 Å². The summed E-state index contributed by atoms with van der Waals surface area (Å²) in [6.07, 6.45) is 0. The monoisotopic (exact) mass is 1450 g/mol. The number of rotatable bonds is 0. The predicted octanol–water partition coefficient (Wildman–Crippen LogP) is 30.4. The summed E-state index contributed by atoms with van der Waals surface area (Å²) in [5, 5.41) is 12.7. The maximum Gasteiger partial charge on any atom is 0.177 e. The number of hydrogen-bond acceptors (Lipinski definition) is 9. The molecule has 0 bridgehead atoms. The van der Waals surface area contributed by atoms with Gasteiger partial charge in [-0.15, -0.1) is 11.3 Å². The van der Waals surface area contributed by atoms with Gasteiger partial charge < -0.3 is 35.7 Å². The van der Waals surface area contributed by atoms with Gasteiger partial charge in [0.25, 0.3) is 0 Å². The summed E-state index contributed by atoms with van der Waals surface area (Å²) in [5.74, 6) is 8.09. The van der Waals surface area contributed by atoms with Gasteiger partial charge in [-0.05, 0) is 269 Å². The van der Waals surface area contributed by atoms with E-state index in [1.165, 1.54) is 158 Å². The zero-order chi connectivity index (χ0) is 79.3. The van der Waals surface area contributed by atoms with E-state index in [4.69, 9.17) is 35.7 Å². The second-order valence-corrected chi connectivity index (χ2v) is 38.9. The van der Waals surface area contributed by atoms with Gasteiger partial charge in [-0.3, -0.25) is 0 Å². The quantitative estimate of drug-likeness (QED) is 0.148. The molecule has 0 spiro atoms. The third kappa shape index (κ3) is 12.4. The van der Waals surface area contributed by atoms with Crippen molar-refractivity contribution < 1.29 is 35.7 Å². The molecule has 566 valence electrons. The molecule has 1 aliphatic heterocycles. The van der Waals surface area contributed by atoms with Gasteiger partial charge in [-0.2, -0.15) is 0 Å². The largest absolute Gasteiger partial charge is 0.486 e. The molecular weight excluding hydrogens is 1330 g/mol. The number of fused-ring (bicyclic) bond motifs is 15. The van der Waals surface area contributed by atoms with Gasteiger partial charge in [0.15, 0.2) is 11.2 Å². The fraction of sp³-hybridized carbons (Fsp3) is 0.485. The first-order chi connectivity index (χ1) is 48.6. The minimum absolute atomic E-state index is 0.0182. The molecule has 0 amide bonds. The van der Waals surface area contributed by atoms with Crippen LogP contribution in [-0.2, 0) is 32.5 Å². The molecule has 15 rings (SSSR count). The van der Waals surface area contributed by atoms with E-state index in [2.05, 4.69) is 260 Å². The van der Waals surface area contributed by atoms with Crippen LogP contribution < -0.4 is 4.74 Å². The van der Waals surface area contributed by atoms with Crippen molar-refractivity contribution in [1.29, 1.82) is 0 Å². The zero-order valence-corrected chi connectivity index (χ0v) is 73.3. The van der Waals surface area contributed by atoms with Gasteiger partial charge in [0.05, 0.1) is 10.8 Å². The number of benzene rings is 6. The van der Waals surface area contributed by atoms with Crippen LogP contribution in [0.1, 0.15) is 282 Å². The van der Waals surface area contributed by atoms with E-state index in [0.717, 1.165) is 95.9 Å². The number of ether oxygens (including phenoxy) is 1. The first-order valence-corrected chi connectivity index (χ1v) is 39.3. The molecule has 0 aliphatic carbocycles. The highest BCUT2D eigenvalue weighted by atomic mass is 32.1. The molecule has 0 fully saturated rings. The summed E-state index contributed by atoms with van der Waals surface area (Å²) >= 11 is 1.93. The van der Waals surface area contributed by atoms with Gasteiger partial charge >= 0.3 is 0 Å². The van der Waals surface area contributed by atoms with Crippen LogP contribution in [0.5, 0.6) is 5.75 Å². The van der Waals surface area contributed by atoms with Gasteiger partial charge in [-0.1, -0.05) is 142 Å². The van der Waals surface area contributed by atoms with E-state index < -0.39 is 0 Å². The molecule has 14 aromatic rings. The summed E-state index contributed by atoms with van der Waals surface area (Å²) in [5.41, 5.74) is 31.7. The average Bonchev–Trinajstić information content (AvgIpc) is 1.56. The number of thiophene rings is 1. The van der Waals surface area contributed by atoms with Crippen LogP contribution in [0.25, 0.3) is 97.6 Å². The number of furan rings is 7. The summed E-state index contributed by atoms with van der Waals surface area (Å²) in [4.78, 5) is 1.42. The van der Waals surface area contributed by atoms with Crippen molar-refractivity contribution in [3.63, 3.8) is 0 Å². The van der Waals surface area contributed by atoms with E-state index in [9.17, 15) is 0 Å². The summed E-state index contributed by atoms with van der Waals surface area (Å²) in [6.45, 7) is 87.9. The van der Waals surface area contributed by atoms with Crippen LogP contribution in [0.4, 0.5) is 0 Å². The van der Waals surface area contributed by atoms with Crippen molar-refractivity contribution in [1.82, 2.24) is 0 Å². The van der Waals surface area contributed by atoms with Crippen LogP contribution in [0.15, 0.2) is 55.2 Å². The summed E-state index contributed by atoms with van der Waals surface area (Å²) in [7, 11) is 0. The lowest BCUT2D eigenvalue weighted by Gasteiger charge is -2.33. The SMILES string of the molecule is Cc1c(C(C)(C)C)c2c(c3ccccc13)C(C)(C)C(C)(C)O2.Cc1oc2c(C(C)(C)C)c(C)c3sc(C)c(C)c3c2c1C.Cc1oc2c(c1C)c(C(C)(C)C)c(C)c1oc(C)c(C)c12.Cc1oc2c(c1C)c(C)c(C(C)(C)C)c1c(C)c(C)oc12.Cc1oc2c(c1C)c(C)c(C(C)(C)C)c1oc(C)c(C)c12. The highest BCUT2D eigenvalue weighted by Crippen LogP contribution is 2.57. The molecule has 9 heterocycles. The Morgan fingerprint density at radius 3 is 1.03 bits per heavy atom. The van der Waals surface area contributed by atoms with Crippen LogP contribution in [0.3, 0.4) is 0 Å². The molecule has 8 nitrogen and oxygen atoms in total. The van der Waals surface area contributed by atoms with E-state index in [-0.39, 0.29) is 38.1 Å². The maximum atomic E-state index is 6.56. The predicted molar refractivity (Wildman–Crippen MR) is 454 cm³/mol. The lowest BCUT2D eigenvalue weighted by molar-refractivity contribution is 0.0700. The molecule has 0 radical (unpaired) electrons. The van der Waals surface area contributed by atoms with Crippen molar-refractivity contribution in [2.75, 3.05) is 0 Å². The third-order valence-corrected chi connectivity index (χ3v) is 25.9. The Balaban J connectivity index is 0.000000132. The Labute approximate surface area is 636 Å². The Kier molecular flexibility index (Phi) is 19.6. The van der Waals surface area contributed by atoms with Crippen molar-refractivity contribution >= 4 is 109 Å². The molecule has 9 heteroatoms. The first-order valence-electron chi connectivity index (χ1n) is 38.5. The van der Waals surface area contributed by atoms with Crippen molar-refractivity contribution in [3.8, 4) is 5.75 Å². The summed E-state index contributed by atoms with van der Waals surface area (Å²) in [6, 6.07) is 8.78. The van der Waals surface area contributed by atoms with Crippen LogP contribution in [0, 0.1) is 145 Å². The number of aryl methyl sites for hydroxylation is 21. The molecule has 8 aromatic heterocycles. The molecule has 0 unspecified atom stereocenters. The van der Waals surface area contributed by atoms with Crippen LogP contribution in [0.2, 0.25) is 0 Å². The standard InChI is InChI=1S/C21H28O.3C19H24O2.C19H24OS/c1-13-14-11-9-10-12-15(14)17-18(16(13)19(2,3)4)22-21(7,8)20(17,5)6;1-9-12(4)21-18-14(9)16(19(6,7)8)11(3)17-15(18)10(2)13(5)20-17;1-9-12(4)20-17-14(9)11(3)16(19(6,7)8)18-15(17)10(2)13(5)21-18;1-9-12(4)20-17-14(9)11(3)16(19(6,7)8)15-10(2)13(5)21-18(15)17;1-9-12(4)20-17-14(9)15-10(2)13(5)21-18(15)11(3)16(17)19(6,7)8/h9-12H,1-8H3;4*1-8H3. The Morgan fingerprint density at radius 2 is 0.575 bits per heavy atom. The average molecular weight is 1450 g/mol. The lowest BCUT2D eigenvalue weighted by atomic mass is 9.70. The van der Waals surface area contributed by atoms with E-state index in [1.54, 1.807) is 0 Å². The second-order valence-electron chi connectivity index (χ2n) is 37.6. The smallest absolute Gasteiger partial charge is 0.177 e. The Bertz CT molecular complexity index is 5920. The topological polar surface area (TPSA) is 101 Å². The van der Waals surface area contributed by atoms with Crippen molar-refractivity contribution in [2.45, 2.75) is 315 Å².